The monoisotopic (exact) mass is 292 g/mol. The molecule has 1 amide bonds. The minimum absolute atomic E-state index is 0.0320. The first-order valence-electron chi connectivity index (χ1n) is 7.23. The van der Waals surface area contributed by atoms with Crippen molar-refractivity contribution >= 4 is 6.09 Å². The van der Waals surface area contributed by atoms with E-state index >= 15 is 0 Å². The summed E-state index contributed by atoms with van der Waals surface area (Å²) in [5, 5.41) is 0. The van der Waals surface area contributed by atoms with Crippen molar-refractivity contribution in [1.29, 1.82) is 0 Å². The van der Waals surface area contributed by atoms with Crippen LogP contribution in [-0.4, -0.2) is 30.2 Å². The summed E-state index contributed by atoms with van der Waals surface area (Å²) in [4.78, 5) is 13.9. The van der Waals surface area contributed by atoms with Crippen LogP contribution in [0.1, 0.15) is 44.4 Å². The molecule has 21 heavy (non-hydrogen) atoms. The molecule has 0 aromatic heterocycles. The van der Waals surface area contributed by atoms with Crippen molar-refractivity contribution < 1.29 is 14.3 Å². The lowest BCUT2D eigenvalue weighted by Crippen LogP contribution is -2.38. The van der Waals surface area contributed by atoms with Crippen LogP contribution < -0.4 is 10.5 Å². The van der Waals surface area contributed by atoms with Crippen molar-refractivity contribution in [2.45, 2.75) is 45.4 Å². The molecule has 0 bridgehead atoms. The minimum atomic E-state index is -0.497. The van der Waals surface area contributed by atoms with Gasteiger partial charge < -0.3 is 20.1 Å². The zero-order valence-corrected chi connectivity index (χ0v) is 13.2. The van der Waals surface area contributed by atoms with Crippen molar-refractivity contribution in [1.82, 2.24) is 4.90 Å². The zero-order chi connectivity index (χ0) is 15.6. The van der Waals surface area contributed by atoms with Crippen molar-refractivity contribution in [3.63, 3.8) is 0 Å². The predicted molar refractivity (Wildman–Crippen MR) is 81.2 cm³/mol. The Hall–Kier alpha value is -1.75. The third kappa shape index (κ3) is 3.67. The summed E-state index contributed by atoms with van der Waals surface area (Å²) in [6.07, 6.45) is 0.438. The molecule has 1 aromatic rings. The van der Waals surface area contributed by atoms with Gasteiger partial charge in [-0.2, -0.15) is 0 Å². The molecule has 1 aromatic carbocycles. The number of amides is 1. The highest BCUT2D eigenvalue weighted by molar-refractivity contribution is 5.69. The molecular weight excluding hydrogens is 268 g/mol. The van der Waals surface area contributed by atoms with Gasteiger partial charge in [0.25, 0.3) is 0 Å². The van der Waals surface area contributed by atoms with Gasteiger partial charge in [0, 0.05) is 25.6 Å². The number of rotatable bonds is 2. The summed E-state index contributed by atoms with van der Waals surface area (Å²) < 4.78 is 11.1. The first-order valence-corrected chi connectivity index (χ1v) is 7.23. The molecule has 5 heteroatoms. The molecule has 1 heterocycles. The van der Waals surface area contributed by atoms with Crippen LogP contribution in [0.4, 0.5) is 4.79 Å². The van der Waals surface area contributed by atoms with Gasteiger partial charge in [0.2, 0.25) is 0 Å². The van der Waals surface area contributed by atoms with Gasteiger partial charge in [0.15, 0.2) is 0 Å². The SMILES string of the molecule is CN(C(=O)OC(C)(C)C)C1CCOc2cc(CN)ccc21. The molecule has 1 unspecified atom stereocenters. The topological polar surface area (TPSA) is 64.8 Å². The molecule has 116 valence electrons. The Morgan fingerprint density at radius 2 is 2.19 bits per heavy atom. The molecule has 0 aliphatic carbocycles. The second-order valence-corrected chi connectivity index (χ2v) is 6.32. The number of nitrogens with two attached hydrogens (primary N) is 1. The maximum absolute atomic E-state index is 12.2. The normalized spacial score (nSPS) is 17.7. The Balaban J connectivity index is 2.21. The second kappa shape index (κ2) is 5.93. The molecule has 0 spiro atoms. The molecule has 2 rings (SSSR count). The van der Waals surface area contributed by atoms with Crippen molar-refractivity contribution in [3.05, 3.63) is 29.3 Å². The average Bonchev–Trinajstić information content (AvgIpc) is 2.43. The van der Waals surface area contributed by atoms with Crippen LogP contribution in [0.2, 0.25) is 0 Å². The number of hydrogen-bond acceptors (Lipinski definition) is 4. The van der Waals surface area contributed by atoms with Crippen molar-refractivity contribution in [3.8, 4) is 5.75 Å². The lowest BCUT2D eigenvalue weighted by Gasteiger charge is -2.34. The summed E-state index contributed by atoms with van der Waals surface area (Å²) in [6.45, 7) is 6.65. The van der Waals surface area contributed by atoms with Gasteiger partial charge >= 0.3 is 6.09 Å². The molecule has 1 atom stereocenters. The molecule has 0 fully saturated rings. The highest BCUT2D eigenvalue weighted by atomic mass is 16.6. The smallest absolute Gasteiger partial charge is 0.410 e. The van der Waals surface area contributed by atoms with Crippen molar-refractivity contribution in [2.75, 3.05) is 13.7 Å². The number of carbonyl (C=O) groups excluding carboxylic acids is 1. The predicted octanol–water partition coefficient (Wildman–Crippen LogP) is 2.84. The quantitative estimate of drug-likeness (QED) is 0.910. The first-order chi connectivity index (χ1) is 9.81. The van der Waals surface area contributed by atoms with Gasteiger partial charge in [-0.1, -0.05) is 12.1 Å². The Labute approximate surface area is 126 Å². The maximum Gasteiger partial charge on any atom is 0.410 e. The fourth-order valence-corrected chi connectivity index (χ4v) is 2.41. The van der Waals surface area contributed by atoms with E-state index in [0.29, 0.717) is 13.2 Å². The third-order valence-electron chi connectivity index (χ3n) is 3.47. The van der Waals surface area contributed by atoms with Crippen LogP contribution in [0.15, 0.2) is 18.2 Å². The van der Waals surface area contributed by atoms with Crippen LogP contribution in [-0.2, 0) is 11.3 Å². The number of nitrogens with zero attached hydrogens (tertiary/aromatic N) is 1. The summed E-state index contributed by atoms with van der Waals surface area (Å²) in [5.74, 6) is 0.810. The van der Waals surface area contributed by atoms with Crippen LogP contribution in [0, 0.1) is 0 Å². The van der Waals surface area contributed by atoms with Gasteiger partial charge in [-0.25, -0.2) is 4.79 Å². The fourth-order valence-electron chi connectivity index (χ4n) is 2.41. The summed E-state index contributed by atoms with van der Waals surface area (Å²) in [6, 6.07) is 5.88. The van der Waals surface area contributed by atoms with E-state index in [1.807, 2.05) is 39.0 Å². The largest absolute Gasteiger partial charge is 0.493 e. The van der Waals surface area contributed by atoms with E-state index in [4.69, 9.17) is 15.2 Å². The fraction of sp³-hybridized carbons (Fsp3) is 0.562. The van der Waals surface area contributed by atoms with E-state index in [1.54, 1.807) is 11.9 Å². The van der Waals surface area contributed by atoms with Crippen LogP contribution >= 0.6 is 0 Å². The number of benzene rings is 1. The highest BCUT2D eigenvalue weighted by Gasteiger charge is 2.30. The van der Waals surface area contributed by atoms with E-state index in [0.717, 1.165) is 23.3 Å². The minimum Gasteiger partial charge on any atom is -0.493 e. The zero-order valence-electron chi connectivity index (χ0n) is 13.2. The third-order valence-corrected chi connectivity index (χ3v) is 3.47. The standard InChI is InChI=1S/C16H24N2O3/c1-16(2,3)21-15(19)18(4)13-7-8-20-14-9-11(10-17)5-6-12(13)14/h5-6,9,13H,7-8,10,17H2,1-4H3. The maximum atomic E-state index is 12.2. The van der Waals surface area contributed by atoms with Crippen LogP contribution in [0.25, 0.3) is 0 Å². The van der Waals surface area contributed by atoms with Crippen LogP contribution in [0.5, 0.6) is 5.75 Å². The Morgan fingerprint density at radius 1 is 1.48 bits per heavy atom. The van der Waals surface area contributed by atoms with E-state index in [2.05, 4.69) is 0 Å². The Kier molecular flexibility index (Phi) is 4.42. The average molecular weight is 292 g/mol. The van der Waals surface area contributed by atoms with Gasteiger partial charge in [0.05, 0.1) is 12.6 Å². The van der Waals surface area contributed by atoms with Crippen LogP contribution in [0.3, 0.4) is 0 Å². The number of carbonyl (C=O) groups is 1. The number of fused-ring (bicyclic) bond motifs is 1. The summed E-state index contributed by atoms with van der Waals surface area (Å²) in [5.41, 5.74) is 7.19. The molecular formula is C16H24N2O3. The van der Waals surface area contributed by atoms with Gasteiger partial charge in [-0.15, -0.1) is 0 Å². The molecule has 2 N–H and O–H groups in total. The first kappa shape index (κ1) is 15.6. The lowest BCUT2D eigenvalue weighted by molar-refractivity contribution is 0.0182. The summed E-state index contributed by atoms with van der Waals surface area (Å²) in [7, 11) is 1.77. The van der Waals surface area contributed by atoms with E-state index in [9.17, 15) is 4.79 Å². The highest BCUT2D eigenvalue weighted by Crippen LogP contribution is 2.36. The molecule has 0 saturated heterocycles. The lowest BCUT2D eigenvalue weighted by atomic mass is 9.98. The van der Waals surface area contributed by atoms with E-state index in [-0.39, 0.29) is 12.1 Å². The Bertz CT molecular complexity index is 523. The number of hydrogen-bond donors (Lipinski definition) is 1. The molecule has 0 saturated carbocycles. The second-order valence-electron chi connectivity index (χ2n) is 6.32. The number of ether oxygens (including phenoxy) is 2. The molecule has 0 radical (unpaired) electrons. The van der Waals surface area contributed by atoms with Gasteiger partial charge in [-0.05, 0) is 32.4 Å². The summed E-state index contributed by atoms with van der Waals surface area (Å²) >= 11 is 0. The molecule has 5 nitrogen and oxygen atoms in total. The van der Waals surface area contributed by atoms with E-state index < -0.39 is 5.60 Å². The molecule has 1 aliphatic heterocycles. The van der Waals surface area contributed by atoms with E-state index in [1.165, 1.54) is 0 Å². The van der Waals surface area contributed by atoms with Gasteiger partial charge in [-0.3, -0.25) is 0 Å². The Morgan fingerprint density at radius 3 is 2.81 bits per heavy atom. The van der Waals surface area contributed by atoms with Gasteiger partial charge in [0.1, 0.15) is 11.4 Å². The van der Waals surface area contributed by atoms with Crippen molar-refractivity contribution in [2.24, 2.45) is 5.73 Å². The molecule has 1 aliphatic rings.